The van der Waals surface area contributed by atoms with Crippen molar-refractivity contribution in [2.45, 2.75) is 12.8 Å². The summed E-state index contributed by atoms with van der Waals surface area (Å²) in [5, 5.41) is 18.5. The predicted octanol–water partition coefficient (Wildman–Crippen LogP) is 1.66. The van der Waals surface area contributed by atoms with E-state index in [9.17, 15) is 10.0 Å². The van der Waals surface area contributed by atoms with E-state index in [0.717, 1.165) is 18.4 Å². The van der Waals surface area contributed by atoms with Gasteiger partial charge in [-0.2, -0.15) is 0 Å². The number of hydrogen-bond acceptors (Lipinski definition) is 3. The zero-order valence-corrected chi connectivity index (χ0v) is 10.9. The normalized spacial score (nSPS) is 14.6. The molecular weight excluding hydrogens is 239 g/mol. The fourth-order valence-corrected chi connectivity index (χ4v) is 1.96. The lowest BCUT2D eigenvalue weighted by molar-refractivity contribution is 0.412. The minimum atomic E-state index is -1.49. The highest BCUT2D eigenvalue weighted by Gasteiger charge is 2.12. The van der Waals surface area contributed by atoms with Gasteiger partial charge < -0.3 is 14.8 Å². The number of rotatable bonds is 4. The SMILES string of the molecule is COc1cc(/C=C/C2=CCCC=C2)cc(B(O)O)c1. The van der Waals surface area contributed by atoms with Gasteiger partial charge in [0.1, 0.15) is 5.75 Å². The Balaban J connectivity index is 2.23. The topological polar surface area (TPSA) is 49.7 Å². The minimum Gasteiger partial charge on any atom is -0.497 e. The summed E-state index contributed by atoms with van der Waals surface area (Å²) in [5.74, 6) is 0.610. The summed E-state index contributed by atoms with van der Waals surface area (Å²) in [6.07, 6.45) is 12.5. The second kappa shape index (κ2) is 6.41. The molecule has 0 heterocycles. The van der Waals surface area contributed by atoms with E-state index in [2.05, 4.69) is 18.2 Å². The molecule has 0 spiro atoms. The van der Waals surface area contributed by atoms with Crippen LogP contribution in [-0.2, 0) is 0 Å². The molecule has 98 valence electrons. The first kappa shape index (κ1) is 13.7. The van der Waals surface area contributed by atoms with Crippen LogP contribution in [0.15, 0.2) is 48.1 Å². The Hall–Kier alpha value is -1.78. The Labute approximate surface area is 113 Å². The third-order valence-electron chi connectivity index (χ3n) is 2.98. The molecule has 1 aromatic rings. The number of benzene rings is 1. The van der Waals surface area contributed by atoms with Crippen LogP contribution < -0.4 is 10.2 Å². The molecule has 2 rings (SSSR count). The Bertz CT molecular complexity index is 530. The Morgan fingerprint density at radius 1 is 1.16 bits per heavy atom. The van der Waals surface area contributed by atoms with E-state index in [1.807, 2.05) is 18.2 Å². The minimum absolute atomic E-state index is 0.423. The molecule has 1 aromatic carbocycles. The first-order chi connectivity index (χ1) is 9.19. The van der Waals surface area contributed by atoms with Crippen LogP contribution in [-0.4, -0.2) is 24.3 Å². The van der Waals surface area contributed by atoms with Crippen molar-refractivity contribution in [3.05, 3.63) is 53.6 Å². The van der Waals surface area contributed by atoms with E-state index in [-0.39, 0.29) is 0 Å². The van der Waals surface area contributed by atoms with E-state index in [0.29, 0.717) is 11.2 Å². The first-order valence-electron chi connectivity index (χ1n) is 6.29. The molecule has 0 atom stereocenters. The largest absolute Gasteiger partial charge is 0.497 e. The number of methoxy groups -OCH3 is 1. The lowest BCUT2D eigenvalue weighted by atomic mass is 9.79. The summed E-state index contributed by atoms with van der Waals surface area (Å²) in [6.45, 7) is 0. The molecule has 0 amide bonds. The maximum atomic E-state index is 9.24. The lowest BCUT2D eigenvalue weighted by Crippen LogP contribution is -2.29. The summed E-state index contributed by atoms with van der Waals surface area (Å²) in [5.41, 5.74) is 2.47. The Kier molecular flexibility index (Phi) is 4.60. The van der Waals surface area contributed by atoms with Gasteiger partial charge in [-0.1, -0.05) is 36.4 Å². The van der Waals surface area contributed by atoms with Crippen molar-refractivity contribution in [3.63, 3.8) is 0 Å². The average Bonchev–Trinajstić information content (AvgIpc) is 2.45. The maximum absolute atomic E-state index is 9.24. The van der Waals surface area contributed by atoms with Crippen LogP contribution in [0.4, 0.5) is 0 Å². The molecule has 0 aromatic heterocycles. The van der Waals surface area contributed by atoms with Gasteiger partial charge in [0.05, 0.1) is 7.11 Å². The molecule has 1 aliphatic rings. The van der Waals surface area contributed by atoms with E-state index >= 15 is 0 Å². The van der Waals surface area contributed by atoms with Gasteiger partial charge in [0.25, 0.3) is 0 Å². The number of ether oxygens (including phenoxy) is 1. The van der Waals surface area contributed by atoms with Crippen LogP contribution in [0.1, 0.15) is 18.4 Å². The molecule has 0 radical (unpaired) electrons. The summed E-state index contributed by atoms with van der Waals surface area (Å²) < 4.78 is 5.15. The molecule has 3 nitrogen and oxygen atoms in total. The molecule has 0 bridgehead atoms. The highest BCUT2D eigenvalue weighted by molar-refractivity contribution is 6.58. The van der Waals surface area contributed by atoms with Gasteiger partial charge >= 0.3 is 7.12 Å². The van der Waals surface area contributed by atoms with Gasteiger partial charge in [-0.15, -0.1) is 0 Å². The van der Waals surface area contributed by atoms with Crippen LogP contribution in [0.2, 0.25) is 0 Å². The van der Waals surface area contributed by atoms with Crippen LogP contribution in [0.25, 0.3) is 6.08 Å². The van der Waals surface area contributed by atoms with Crippen molar-refractivity contribution in [3.8, 4) is 5.75 Å². The van der Waals surface area contributed by atoms with Crippen molar-refractivity contribution in [1.82, 2.24) is 0 Å². The van der Waals surface area contributed by atoms with Crippen molar-refractivity contribution in [2.24, 2.45) is 0 Å². The van der Waals surface area contributed by atoms with Gasteiger partial charge in [-0.05, 0) is 41.6 Å². The van der Waals surface area contributed by atoms with Gasteiger partial charge in [-0.3, -0.25) is 0 Å². The second-order valence-corrected chi connectivity index (χ2v) is 4.43. The van der Waals surface area contributed by atoms with Crippen LogP contribution in [0, 0.1) is 0 Å². The standard InChI is InChI=1S/C15H17BO3/c1-19-15-10-13(9-14(11-15)16(17)18)8-7-12-5-3-2-4-6-12/h3,5-11,17-18H,2,4H2,1H3/b8-7+. The quantitative estimate of drug-likeness (QED) is 0.805. The molecular formula is C15H17BO3. The third kappa shape index (κ3) is 3.84. The lowest BCUT2D eigenvalue weighted by Gasteiger charge is -2.06. The Morgan fingerprint density at radius 3 is 2.63 bits per heavy atom. The van der Waals surface area contributed by atoms with Gasteiger partial charge in [0, 0.05) is 0 Å². The van der Waals surface area contributed by atoms with Crippen molar-refractivity contribution in [2.75, 3.05) is 7.11 Å². The maximum Gasteiger partial charge on any atom is 0.488 e. The summed E-state index contributed by atoms with van der Waals surface area (Å²) in [6, 6.07) is 5.20. The average molecular weight is 256 g/mol. The van der Waals surface area contributed by atoms with Crippen molar-refractivity contribution < 1.29 is 14.8 Å². The van der Waals surface area contributed by atoms with E-state index in [4.69, 9.17) is 4.74 Å². The monoisotopic (exact) mass is 256 g/mol. The molecule has 2 N–H and O–H groups in total. The molecule has 0 saturated carbocycles. The molecule has 0 unspecified atom stereocenters. The van der Waals surface area contributed by atoms with Crippen LogP contribution >= 0.6 is 0 Å². The second-order valence-electron chi connectivity index (χ2n) is 4.43. The number of hydrogen-bond donors (Lipinski definition) is 2. The summed E-state index contributed by atoms with van der Waals surface area (Å²) in [7, 11) is 0.0685. The van der Waals surface area contributed by atoms with E-state index in [1.165, 1.54) is 5.57 Å². The third-order valence-corrected chi connectivity index (χ3v) is 2.98. The molecule has 19 heavy (non-hydrogen) atoms. The van der Waals surface area contributed by atoms with E-state index < -0.39 is 7.12 Å². The van der Waals surface area contributed by atoms with Crippen molar-refractivity contribution in [1.29, 1.82) is 0 Å². The van der Waals surface area contributed by atoms with Crippen LogP contribution in [0.5, 0.6) is 5.75 Å². The smallest absolute Gasteiger partial charge is 0.488 e. The zero-order chi connectivity index (χ0) is 13.7. The molecule has 0 saturated heterocycles. The van der Waals surface area contributed by atoms with E-state index in [1.54, 1.807) is 19.2 Å². The number of allylic oxidation sites excluding steroid dienone is 5. The fraction of sp³-hybridized carbons (Fsp3) is 0.200. The molecule has 0 aliphatic heterocycles. The van der Waals surface area contributed by atoms with Gasteiger partial charge in [0.15, 0.2) is 0 Å². The zero-order valence-electron chi connectivity index (χ0n) is 10.9. The summed E-state index contributed by atoms with van der Waals surface area (Å²) in [4.78, 5) is 0. The Morgan fingerprint density at radius 2 is 2.00 bits per heavy atom. The van der Waals surface area contributed by atoms with Gasteiger partial charge in [0.2, 0.25) is 0 Å². The van der Waals surface area contributed by atoms with Gasteiger partial charge in [-0.25, -0.2) is 0 Å². The highest BCUT2D eigenvalue weighted by atomic mass is 16.5. The predicted molar refractivity (Wildman–Crippen MR) is 78.3 cm³/mol. The van der Waals surface area contributed by atoms with Crippen molar-refractivity contribution >= 4 is 18.7 Å². The summed E-state index contributed by atoms with van der Waals surface area (Å²) >= 11 is 0. The molecule has 1 aliphatic carbocycles. The fourth-order valence-electron chi connectivity index (χ4n) is 1.96. The first-order valence-corrected chi connectivity index (χ1v) is 6.29. The highest BCUT2D eigenvalue weighted by Crippen LogP contribution is 2.16. The van der Waals surface area contributed by atoms with Crippen LogP contribution in [0.3, 0.4) is 0 Å². The molecule has 0 fully saturated rings. The molecule has 4 heteroatoms.